The minimum atomic E-state index is -4.54. The van der Waals surface area contributed by atoms with Crippen molar-refractivity contribution in [3.8, 4) is 23.0 Å². The largest absolute Gasteiger partial charge is 0.484 e. The van der Waals surface area contributed by atoms with Gasteiger partial charge in [0.15, 0.2) is 24.8 Å². The van der Waals surface area contributed by atoms with Crippen LogP contribution in [-0.2, 0) is 22.4 Å². The number of hydrogen-bond donors (Lipinski definition) is 4. The molecule has 368 valence electrons. The lowest BCUT2D eigenvalue weighted by molar-refractivity contribution is -0.154. The highest BCUT2D eigenvalue weighted by molar-refractivity contribution is 6.01. The molecular weight excluding hydrogens is 939 g/mol. The second-order valence-electron chi connectivity index (χ2n) is 16.1. The molecule has 2 unspecified atom stereocenters. The number of aliphatic hydroxyl groups excluding tert-OH is 2. The number of nitrogen functional groups attached to an aromatic ring is 2. The summed E-state index contributed by atoms with van der Waals surface area (Å²) in [6.45, 7) is -3.00. The Hall–Kier alpha value is -8.22. The van der Waals surface area contributed by atoms with Crippen LogP contribution in [0.4, 0.5) is 37.7 Å². The Kier molecular flexibility index (Phi) is 16.8. The molecule has 0 aliphatic heterocycles. The SMILES string of the molecule is Nc1ccc(CC(Cc2ccc(N)cc2)(C(O)C(=O)/C=C/c2ccc(OC(=O)c3ccc(OCC(F)(F)F)cc3)cc2)C(O)C(=O)/C=C/c2ccc(OC(=O)c3ccc(OCC(F)(F)F)cc3)cc2)cc1. The number of ketones is 2. The van der Waals surface area contributed by atoms with Crippen molar-refractivity contribution < 1.29 is 74.7 Å². The molecule has 0 bridgehead atoms. The van der Waals surface area contributed by atoms with E-state index in [-0.39, 0.29) is 47.0 Å². The summed E-state index contributed by atoms with van der Waals surface area (Å²) in [5.41, 5.74) is 12.8. The molecule has 0 heterocycles. The molecule has 12 nitrogen and oxygen atoms in total. The van der Waals surface area contributed by atoms with E-state index in [0.29, 0.717) is 33.6 Å². The Bertz CT molecular complexity index is 2630. The average Bonchev–Trinajstić information content (AvgIpc) is 3.35. The van der Waals surface area contributed by atoms with Gasteiger partial charge >= 0.3 is 24.3 Å². The molecular formula is C53H44F6N2O10. The molecule has 0 spiro atoms. The van der Waals surface area contributed by atoms with Gasteiger partial charge in [0.25, 0.3) is 0 Å². The van der Waals surface area contributed by atoms with Gasteiger partial charge in [-0.15, -0.1) is 0 Å². The van der Waals surface area contributed by atoms with Gasteiger partial charge in [-0.1, -0.05) is 60.7 Å². The van der Waals surface area contributed by atoms with Gasteiger partial charge in [0.2, 0.25) is 0 Å². The summed E-state index contributed by atoms with van der Waals surface area (Å²) in [5.74, 6) is -3.36. The van der Waals surface area contributed by atoms with Crippen LogP contribution in [0.15, 0.2) is 158 Å². The molecule has 2 atom stereocenters. The first-order valence-electron chi connectivity index (χ1n) is 21.4. The molecule has 0 saturated carbocycles. The van der Waals surface area contributed by atoms with Gasteiger partial charge in [0, 0.05) is 16.8 Å². The zero-order valence-corrected chi connectivity index (χ0v) is 37.2. The van der Waals surface area contributed by atoms with E-state index in [4.69, 9.17) is 20.9 Å². The van der Waals surface area contributed by atoms with E-state index in [9.17, 15) is 55.7 Å². The van der Waals surface area contributed by atoms with E-state index < -0.39 is 66.7 Å². The van der Waals surface area contributed by atoms with Crippen molar-refractivity contribution in [1.82, 2.24) is 0 Å². The molecule has 0 aliphatic carbocycles. The molecule has 0 aromatic heterocycles. The Morgan fingerprint density at radius 2 is 0.775 bits per heavy atom. The molecule has 0 radical (unpaired) electrons. The smallest absolute Gasteiger partial charge is 0.422 e. The van der Waals surface area contributed by atoms with Gasteiger partial charge in [-0.05, 0) is 144 Å². The van der Waals surface area contributed by atoms with Crippen molar-refractivity contribution in [3.63, 3.8) is 0 Å². The molecule has 6 N–H and O–H groups in total. The quantitative estimate of drug-likeness (QED) is 0.0186. The van der Waals surface area contributed by atoms with Gasteiger partial charge in [-0.3, -0.25) is 9.59 Å². The standard InChI is InChI=1S/C53H44F6N2O10/c54-52(55,56)31-68-41-23-11-37(12-24-41)49(66)70-43-19-5-33(6-20-43)9-27-45(62)47(64)51(29-35-1-15-39(60)16-2-35,30-36-3-17-40(61)18-4-36)48(65)46(63)28-10-34-7-21-44(22-8-34)71-50(67)38-13-25-42(26-14-38)69-32-53(57,58)59/h1-28,47-48,64-65H,29-32,60-61H2/b27-9+,28-10+. The maximum atomic E-state index is 14.1. The molecule has 0 aliphatic rings. The number of carbonyl (C=O) groups excluding carboxylic acids is 4. The minimum absolute atomic E-state index is 0.0360. The van der Waals surface area contributed by atoms with Crippen molar-refractivity contribution in [3.05, 3.63) is 191 Å². The normalized spacial score (nSPS) is 12.8. The van der Waals surface area contributed by atoms with E-state index in [1.807, 2.05) is 0 Å². The first-order chi connectivity index (χ1) is 33.6. The Labute approximate surface area is 402 Å². The molecule has 6 aromatic rings. The number of anilines is 2. The highest BCUT2D eigenvalue weighted by atomic mass is 19.4. The first kappa shape index (κ1) is 52.2. The van der Waals surface area contributed by atoms with E-state index >= 15 is 0 Å². The number of halogens is 6. The van der Waals surface area contributed by atoms with Crippen LogP contribution < -0.4 is 30.4 Å². The summed E-state index contributed by atoms with van der Waals surface area (Å²) in [6, 6.07) is 34.4. The van der Waals surface area contributed by atoms with Crippen LogP contribution in [-0.4, -0.2) is 71.5 Å². The molecule has 6 aromatic carbocycles. The van der Waals surface area contributed by atoms with Gasteiger partial charge in [-0.2, -0.15) is 26.3 Å². The molecule has 0 saturated heterocycles. The van der Waals surface area contributed by atoms with Crippen LogP contribution >= 0.6 is 0 Å². The fourth-order valence-corrected chi connectivity index (χ4v) is 7.07. The summed E-state index contributed by atoms with van der Waals surface area (Å²) in [5, 5.41) is 24.3. The number of esters is 2. The molecule has 0 fully saturated rings. The van der Waals surface area contributed by atoms with Gasteiger partial charge < -0.3 is 40.6 Å². The van der Waals surface area contributed by atoms with E-state index in [2.05, 4.69) is 9.47 Å². The topological polar surface area (TPSA) is 198 Å². The van der Waals surface area contributed by atoms with Crippen molar-refractivity contribution in [2.24, 2.45) is 5.41 Å². The van der Waals surface area contributed by atoms with E-state index in [1.54, 1.807) is 48.5 Å². The highest BCUT2D eigenvalue weighted by Gasteiger charge is 2.49. The predicted octanol–water partition coefficient (Wildman–Crippen LogP) is 9.23. The lowest BCUT2D eigenvalue weighted by Crippen LogP contribution is -2.54. The Morgan fingerprint density at radius 3 is 1.08 bits per heavy atom. The fourth-order valence-electron chi connectivity index (χ4n) is 7.07. The summed E-state index contributed by atoms with van der Waals surface area (Å²) >= 11 is 0. The monoisotopic (exact) mass is 982 g/mol. The molecule has 0 amide bonds. The maximum Gasteiger partial charge on any atom is 0.422 e. The lowest BCUT2D eigenvalue weighted by atomic mass is 9.66. The van der Waals surface area contributed by atoms with Crippen LogP contribution in [0.2, 0.25) is 0 Å². The fraction of sp³-hybridized carbons (Fsp3) is 0.170. The number of aliphatic hydroxyl groups is 2. The Balaban J connectivity index is 1.19. The summed E-state index contributed by atoms with van der Waals surface area (Å²) < 4.78 is 95.0. The van der Waals surface area contributed by atoms with Crippen LogP contribution in [0.3, 0.4) is 0 Å². The highest BCUT2D eigenvalue weighted by Crippen LogP contribution is 2.38. The number of benzene rings is 6. The zero-order chi connectivity index (χ0) is 51.3. The Morgan fingerprint density at radius 1 is 0.465 bits per heavy atom. The van der Waals surface area contributed by atoms with Gasteiger partial charge in [0.1, 0.15) is 35.2 Å². The number of alkyl halides is 6. The molecule has 6 rings (SSSR count). The summed E-state index contributed by atoms with van der Waals surface area (Å²) in [4.78, 5) is 53.6. The minimum Gasteiger partial charge on any atom is -0.484 e. The van der Waals surface area contributed by atoms with Crippen molar-refractivity contribution >= 4 is 47.0 Å². The maximum absolute atomic E-state index is 14.1. The van der Waals surface area contributed by atoms with E-state index in [1.165, 1.54) is 109 Å². The summed E-state index contributed by atoms with van der Waals surface area (Å²) in [7, 11) is 0. The van der Waals surface area contributed by atoms with E-state index in [0.717, 1.165) is 12.2 Å². The third-order valence-corrected chi connectivity index (χ3v) is 10.7. The zero-order valence-electron chi connectivity index (χ0n) is 37.2. The van der Waals surface area contributed by atoms with Gasteiger partial charge in [-0.25, -0.2) is 9.59 Å². The third-order valence-electron chi connectivity index (χ3n) is 10.7. The number of rotatable bonds is 20. The first-order valence-corrected chi connectivity index (χ1v) is 21.4. The van der Waals surface area contributed by atoms with Gasteiger partial charge in [0.05, 0.1) is 11.1 Å². The summed E-state index contributed by atoms with van der Waals surface area (Å²) in [6.07, 6.45) is -8.59. The number of hydrogen-bond acceptors (Lipinski definition) is 12. The van der Waals surface area contributed by atoms with Crippen molar-refractivity contribution in [2.45, 2.75) is 37.4 Å². The number of carbonyl (C=O) groups is 4. The lowest BCUT2D eigenvalue weighted by Gasteiger charge is -2.40. The second kappa shape index (κ2) is 22.9. The van der Waals surface area contributed by atoms with Crippen LogP contribution in [0.25, 0.3) is 12.2 Å². The van der Waals surface area contributed by atoms with Crippen molar-refractivity contribution in [1.29, 1.82) is 0 Å². The van der Waals surface area contributed by atoms with Crippen LogP contribution in [0, 0.1) is 5.41 Å². The predicted molar refractivity (Wildman–Crippen MR) is 250 cm³/mol. The second-order valence-corrected chi connectivity index (χ2v) is 16.1. The molecule has 18 heteroatoms. The van der Waals surface area contributed by atoms with Crippen LogP contribution in [0.1, 0.15) is 43.0 Å². The van der Waals surface area contributed by atoms with Crippen molar-refractivity contribution in [2.75, 3.05) is 24.7 Å². The molecule has 71 heavy (non-hydrogen) atoms. The van der Waals surface area contributed by atoms with Crippen LogP contribution in [0.5, 0.6) is 23.0 Å². The number of nitrogens with two attached hydrogens (primary N) is 2. The number of ether oxygens (including phenoxy) is 4. The average molecular weight is 983 g/mol. The third kappa shape index (κ3) is 15.4.